The molecule has 26 heavy (non-hydrogen) atoms. The van der Waals surface area contributed by atoms with Gasteiger partial charge in [0.15, 0.2) is 0 Å². The number of esters is 2. The molecule has 0 bridgehead atoms. The topological polar surface area (TPSA) is 90.9 Å². The second kappa shape index (κ2) is 8.62. The molecule has 7 heteroatoms. The van der Waals surface area contributed by atoms with Gasteiger partial charge in [-0.1, -0.05) is 12.1 Å². The molecule has 1 N–H and O–H groups in total. The number of hydrogen-bond acceptors (Lipinski definition) is 6. The van der Waals surface area contributed by atoms with Crippen LogP contribution < -0.4 is 5.32 Å². The highest BCUT2D eigenvalue weighted by molar-refractivity contribution is 5.88. The van der Waals surface area contributed by atoms with Gasteiger partial charge in [0.25, 0.3) is 0 Å². The van der Waals surface area contributed by atoms with Gasteiger partial charge in [-0.3, -0.25) is 14.4 Å². The summed E-state index contributed by atoms with van der Waals surface area (Å²) in [6.07, 6.45) is 1.94. The zero-order valence-corrected chi connectivity index (χ0v) is 15.3. The Balaban J connectivity index is 2.20. The molecule has 1 aromatic rings. The van der Waals surface area contributed by atoms with Crippen LogP contribution in [0.2, 0.25) is 0 Å². The predicted molar refractivity (Wildman–Crippen MR) is 94.4 cm³/mol. The Kier molecular flexibility index (Phi) is 6.52. The average Bonchev–Trinajstić information content (AvgIpc) is 2.53. The lowest BCUT2D eigenvalue weighted by molar-refractivity contribution is -0.163. The summed E-state index contributed by atoms with van der Waals surface area (Å²) in [5.41, 5.74) is 2.54. The van der Waals surface area contributed by atoms with Gasteiger partial charge in [-0.2, -0.15) is 0 Å². The van der Waals surface area contributed by atoms with E-state index in [1.54, 1.807) is 18.2 Å². The normalized spacial score (nSPS) is 21.8. The number of ether oxygens (including phenoxy) is 3. The van der Waals surface area contributed by atoms with E-state index in [2.05, 4.69) is 5.32 Å². The van der Waals surface area contributed by atoms with Crippen LogP contribution in [-0.2, 0) is 28.6 Å². The second-order valence-electron chi connectivity index (χ2n) is 6.11. The highest BCUT2D eigenvalue weighted by Gasteiger charge is 2.31. The lowest BCUT2D eigenvalue weighted by atomic mass is 9.98. The lowest BCUT2D eigenvalue weighted by Gasteiger charge is -2.32. The number of amides is 1. The first kappa shape index (κ1) is 19.7. The summed E-state index contributed by atoms with van der Waals surface area (Å²) in [7, 11) is 0. The molecule has 140 valence electrons. The molecule has 1 aliphatic heterocycles. The SMILES string of the molecule is CC(=O)Nc1ccc([C@@H]2C=C[C@H](OC(C)=O)[C@@H](COC(C)=O)O2)c(C)c1. The van der Waals surface area contributed by atoms with E-state index in [9.17, 15) is 14.4 Å². The minimum absolute atomic E-state index is 0.0167. The standard InChI is InChI=1S/C19H23NO6/c1-11-9-15(20-12(2)21)5-6-16(11)17-7-8-18(25-14(4)23)19(26-17)10-24-13(3)22/h5-9,17-19H,10H2,1-4H3,(H,20,21)/t17-,18-,19+/m0/s1. The first-order valence-corrected chi connectivity index (χ1v) is 8.28. The molecule has 0 radical (unpaired) electrons. The Bertz CT molecular complexity index is 727. The summed E-state index contributed by atoms with van der Waals surface area (Å²) in [5, 5.41) is 2.73. The zero-order valence-electron chi connectivity index (χ0n) is 15.3. The van der Waals surface area contributed by atoms with Gasteiger partial charge < -0.3 is 19.5 Å². The fraction of sp³-hybridized carbons (Fsp3) is 0.421. The second-order valence-corrected chi connectivity index (χ2v) is 6.11. The molecule has 0 unspecified atom stereocenters. The molecule has 0 spiro atoms. The lowest BCUT2D eigenvalue weighted by Crippen LogP contribution is -2.39. The van der Waals surface area contributed by atoms with Crippen LogP contribution in [0.1, 0.15) is 38.0 Å². The van der Waals surface area contributed by atoms with Gasteiger partial charge in [0.05, 0.1) is 0 Å². The molecule has 3 atom stereocenters. The Morgan fingerprint density at radius 3 is 2.42 bits per heavy atom. The number of carbonyl (C=O) groups is 3. The third-order valence-electron chi connectivity index (χ3n) is 3.81. The Morgan fingerprint density at radius 1 is 1.12 bits per heavy atom. The quantitative estimate of drug-likeness (QED) is 0.640. The van der Waals surface area contributed by atoms with Crippen molar-refractivity contribution in [1.82, 2.24) is 0 Å². The van der Waals surface area contributed by atoms with E-state index in [-0.39, 0.29) is 18.6 Å². The number of benzene rings is 1. The third kappa shape index (κ3) is 5.42. The fourth-order valence-corrected chi connectivity index (χ4v) is 2.74. The fourth-order valence-electron chi connectivity index (χ4n) is 2.74. The summed E-state index contributed by atoms with van der Waals surface area (Å²) < 4.78 is 16.3. The van der Waals surface area contributed by atoms with Crippen molar-refractivity contribution in [2.45, 2.75) is 46.0 Å². The molecular formula is C19H23NO6. The molecule has 1 amide bonds. The van der Waals surface area contributed by atoms with Gasteiger partial charge >= 0.3 is 11.9 Å². The minimum atomic E-state index is -0.623. The Labute approximate surface area is 152 Å². The molecule has 0 aromatic heterocycles. The van der Waals surface area contributed by atoms with Gasteiger partial charge in [-0.05, 0) is 36.3 Å². The summed E-state index contributed by atoms with van der Waals surface area (Å²) in [5.74, 6) is -1.01. The highest BCUT2D eigenvalue weighted by atomic mass is 16.6. The summed E-state index contributed by atoms with van der Waals surface area (Å²) >= 11 is 0. The van der Waals surface area contributed by atoms with E-state index in [4.69, 9.17) is 14.2 Å². The molecule has 1 aliphatic rings. The van der Waals surface area contributed by atoms with E-state index >= 15 is 0 Å². The summed E-state index contributed by atoms with van der Waals surface area (Å²) in [6.45, 7) is 5.97. The Hall–Kier alpha value is -2.67. The average molecular weight is 361 g/mol. The van der Waals surface area contributed by atoms with Crippen LogP contribution >= 0.6 is 0 Å². The number of aryl methyl sites for hydroxylation is 1. The maximum Gasteiger partial charge on any atom is 0.303 e. The van der Waals surface area contributed by atoms with Gasteiger partial charge in [0, 0.05) is 26.5 Å². The smallest absolute Gasteiger partial charge is 0.303 e. The van der Waals surface area contributed by atoms with Crippen molar-refractivity contribution in [2.75, 3.05) is 11.9 Å². The van der Waals surface area contributed by atoms with E-state index in [1.165, 1.54) is 20.8 Å². The van der Waals surface area contributed by atoms with Crippen molar-refractivity contribution < 1.29 is 28.6 Å². The van der Waals surface area contributed by atoms with Gasteiger partial charge in [0.2, 0.25) is 5.91 Å². The van der Waals surface area contributed by atoms with Crippen LogP contribution in [0.5, 0.6) is 0 Å². The largest absolute Gasteiger partial charge is 0.463 e. The van der Waals surface area contributed by atoms with Crippen LogP contribution in [0.4, 0.5) is 5.69 Å². The number of nitrogens with one attached hydrogen (secondary N) is 1. The van der Waals surface area contributed by atoms with Crippen LogP contribution in [0.3, 0.4) is 0 Å². The van der Waals surface area contributed by atoms with E-state index in [0.717, 1.165) is 11.1 Å². The van der Waals surface area contributed by atoms with Gasteiger partial charge in [-0.15, -0.1) is 0 Å². The van der Waals surface area contributed by atoms with Crippen molar-refractivity contribution in [1.29, 1.82) is 0 Å². The monoisotopic (exact) mass is 361 g/mol. The molecule has 0 saturated carbocycles. The van der Waals surface area contributed by atoms with Gasteiger partial charge in [-0.25, -0.2) is 0 Å². The number of hydrogen-bond donors (Lipinski definition) is 1. The van der Waals surface area contributed by atoms with Crippen LogP contribution in [0.25, 0.3) is 0 Å². The van der Waals surface area contributed by atoms with E-state index < -0.39 is 24.1 Å². The molecule has 0 saturated heterocycles. The minimum Gasteiger partial charge on any atom is -0.463 e. The molecule has 0 aliphatic carbocycles. The molecule has 1 aromatic carbocycles. The predicted octanol–water partition coefficient (Wildman–Crippen LogP) is 2.44. The number of rotatable bonds is 5. The molecule has 0 fully saturated rings. The van der Waals surface area contributed by atoms with Crippen LogP contribution in [0.15, 0.2) is 30.4 Å². The van der Waals surface area contributed by atoms with Crippen molar-refractivity contribution >= 4 is 23.5 Å². The summed E-state index contributed by atoms with van der Waals surface area (Å²) in [4.78, 5) is 33.6. The van der Waals surface area contributed by atoms with Crippen molar-refractivity contribution in [3.8, 4) is 0 Å². The van der Waals surface area contributed by atoms with Crippen molar-refractivity contribution in [3.63, 3.8) is 0 Å². The third-order valence-corrected chi connectivity index (χ3v) is 3.81. The summed E-state index contributed by atoms with van der Waals surface area (Å²) in [6, 6.07) is 5.51. The van der Waals surface area contributed by atoms with E-state index in [1.807, 2.05) is 19.1 Å². The van der Waals surface area contributed by atoms with Crippen LogP contribution in [-0.4, -0.2) is 36.7 Å². The first-order valence-electron chi connectivity index (χ1n) is 8.28. The Morgan fingerprint density at radius 2 is 1.85 bits per heavy atom. The van der Waals surface area contributed by atoms with Crippen molar-refractivity contribution in [2.24, 2.45) is 0 Å². The molecule has 2 rings (SSSR count). The highest BCUT2D eigenvalue weighted by Crippen LogP contribution is 2.31. The van der Waals surface area contributed by atoms with Crippen molar-refractivity contribution in [3.05, 3.63) is 41.5 Å². The number of carbonyl (C=O) groups excluding carboxylic acids is 3. The first-order chi connectivity index (χ1) is 12.3. The number of anilines is 1. The maximum atomic E-state index is 11.3. The maximum absolute atomic E-state index is 11.3. The van der Waals surface area contributed by atoms with E-state index in [0.29, 0.717) is 5.69 Å². The molecular weight excluding hydrogens is 338 g/mol. The zero-order chi connectivity index (χ0) is 19.3. The van der Waals surface area contributed by atoms with Gasteiger partial charge in [0.1, 0.15) is 24.9 Å². The molecule has 7 nitrogen and oxygen atoms in total. The van der Waals surface area contributed by atoms with Crippen LogP contribution in [0, 0.1) is 6.92 Å². The molecule has 1 heterocycles.